The Bertz CT molecular complexity index is 1420. The number of hydrogen-bond donors (Lipinski definition) is 5. The zero-order valence-corrected chi connectivity index (χ0v) is 17.4. The number of H-pyrrole nitrogens is 2. The minimum Gasteiger partial charge on any atom is -0.491 e. The SMILES string of the molecule is O=C(O)c1c[nH]c2cc(OCC(O)COc3ccc4c(=O)c(C(=O)O)c[nH]c4c3)ccc2c1=O. The van der Waals surface area contributed by atoms with Gasteiger partial charge in [0.05, 0.1) is 11.0 Å². The number of nitrogens with one attached hydrogen (secondary N) is 2. The Morgan fingerprint density at radius 1 is 0.765 bits per heavy atom. The lowest BCUT2D eigenvalue weighted by molar-refractivity contribution is 0.0627. The number of pyridine rings is 2. The molecule has 4 rings (SSSR count). The number of carbonyl (C=O) groups is 2. The Hall–Kier alpha value is -4.64. The first-order valence-corrected chi connectivity index (χ1v) is 9.95. The number of aliphatic hydroxyl groups is 1. The summed E-state index contributed by atoms with van der Waals surface area (Å²) in [6, 6.07) is 8.88. The second-order valence-electron chi connectivity index (χ2n) is 7.36. The minimum absolute atomic E-state index is 0.130. The molecule has 0 unspecified atom stereocenters. The lowest BCUT2D eigenvalue weighted by Gasteiger charge is -2.14. The fraction of sp³-hybridized carbons (Fsp3) is 0.130. The van der Waals surface area contributed by atoms with Crippen molar-refractivity contribution in [3.8, 4) is 11.5 Å². The number of fused-ring (bicyclic) bond motifs is 2. The quantitative estimate of drug-likeness (QED) is 0.258. The summed E-state index contributed by atoms with van der Waals surface area (Å²) in [5.41, 5.74) is -1.19. The first kappa shape index (κ1) is 22.6. The maximum absolute atomic E-state index is 12.2. The van der Waals surface area contributed by atoms with E-state index in [1.54, 1.807) is 0 Å². The molecule has 0 bridgehead atoms. The van der Waals surface area contributed by atoms with E-state index in [9.17, 15) is 24.3 Å². The Morgan fingerprint density at radius 2 is 1.18 bits per heavy atom. The van der Waals surface area contributed by atoms with Crippen LogP contribution in [0.4, 0.5) is 0 Å². The van der Waals surface area contributed by atoms with Crippen molar-refractivity contribution in [2.24, 2.45) is 0 Å². The summed E-state index contributed by atoms with van der Waals surface area (Å²) >= 11 is 0. The molecular formula is C23H18N2O9. The van der Waals surface area contributed by atoms with Crippen molar-refractivity contribution in [2.75, 3.05) is 13.2 Å². The number of benzene rings is 2. The van der Waals surface area contributed by atoms with Crippen LogP contribution in [-0.4, -0.2) is 56.5 Å². The minimum atomic E-state index is -1.32. The van der Waals surface area contributed by atoms with Crippen molar-refractivity contribution in [2.45, 2.75) is 6.10 Å². The molecule has 0 saturated heterocycles. The molecule has 0 atom stereocenters. The third-order valence-electron chi connectivity index (χ3n) is 5.05. The number of aliphatic hydroxyl groups excluding tert-OH is 1. The van der Waals surface area contributed by atoms with E-state index in [2.05, 4.69) is 9.97 Å². The first-order chi connectivity index (χ1) is 16.2. The fourth-order valence-corrected chi connectivity index (χ4v) is 3.33. The van der Waals surface area contributed by atoms with Crippen molar-refractivity contribution in [1.29, 1.82) is 0 Å². The van der Waals surface area contributed by atoms with Gasteiger partial charge in [0.25, 0.3) is 0 Å². The summed E-state index contributed by atoms with van der Waals surface area (Å²) in [6.45, 7) is -0.259. The molecule has 2 heterocycles. The van der Waals surface area contributed by atoms with E-state index in [1.807, 2.05) is 0 Å². The predicted molar refractivity (Wildman–Crippen MR) is 120 cm³/mol. The van der Waals surface area contributed by atoms with Crippen LogP contribution in [-0.2, 0) is 0 Å². The number of ether oxygens (including phenoxy) is 2. The number of hydrogen-bond acceptors (Lipinski definition) is 7. The van der Waals surface area contributed by atoms with Crippen LogP contribution in [0.2, 0.25) is 0 Å². The average molecular weight is 466 g/mol. The fourth-order valence-electron chi connectivity index (χ4n) is 3.33. The highest BCUT2D eigenvalue weighted by molar-refractivity contribution is 5.93. The molecule has 5 N–H and O–H groups in total. The highest BCUT2D eigenvalue weighted by atomic mass is 16.5. The lowest BCUT2D eigenvalue weighted by atomic mass is 10.1. The maximum Gasteiger partial charge on any atom is 0.341 e. The number of aromatic carboxylic acids is 2. The van der Waals surface area contributed by atoms with E-state index in [0.717, 1.165) is 12.4 Å². The molecule has 0 aliphatic heterocycles. The Labute approximate surface area is 189 Å². The predicted octanol–water partition coefficient (Wildman–Crippen LogP) is 1.58. The summed E-state index contributed by atoms with van der Waals surface area (Å²) < 4.78 is 11.1. The molecule has 0 amide bonds. The van der Waals surface area contributed by atoms with Crippen LogP contribution in [0.5, 0.6) is 11.5 Å². The average Bonchev–Trinajstić information content (AvgIpc) is 2.81. The standard InChI is InChI=1S/C23H18N2O9/c26-11(9-33-12-1-3-14-18(5-12)24-7-16(20(14)27)22(29)30)10-34-13-2-4-15-19(6-13)25-8-17(21(15)28)23(31)32/h1-8,11,26H,9-10H2,(H,24,27)(H,25,28)(H,29,30)(H,31,32). The van der Waals surface area contributed by atoms with Crippen molar-refractivity contribution < 1.29 is 34.4 Å². The van der Waals surface area contributed by atoms with E-state index in [0.29, 0.717) is 22.5 Å². The van der Waals surface area contributed by atoms with E-state index >= 15 is 0 Å². The molecule has 11 heteroatoms. The number of carboxylic acid groups (broad SMARTS) is 2. The van der Waals surface area contributed by atoms with Gasteiger partial charge < -0.3 is 34.8 Å². The zero-order valence-electron chi connectivity index (χ0n) is 17.4. The first-order valence-electron chi connectivity index (χ1n) is 9.95. The van der Waals surface area contributed by atoms with Crippen LogP contribution in [0.3, 0.4) is 0 Å². The normalized spacial score (nSPS) is 11.1. The molecule has 2 aromatic heterocycles. The maximum atomic E-state index is 12.2. The molecule has 0 saturated carbocycles. The topological polar surface area (TPSA) is 179 Å². The summed E-state index contributed by atoms with van der Waals surface area (Å²) in [7, 11) is 0. The molecule has 34 heavy (non-hydrogen) atoms. The van der Waals surface area contributed by atoms with E-state index < -0.39 is 28.9 Å². The van der Waals surface area contributed by atoms with Crippen molar-refractivity contribution >= 4 is 33.7 Å². The molecule has 0 spiro atoms. The van der Waals surface area contributed by atoms with Gasteiger partial charge in [0.1, 0.15) is 41.9 Å². The van der Waals surface area contributed by atoms with Crippen LogP contribution in [0.1, 0.15) is 20.7 Å². The number of aromatic amines is 2. The highest BCUT2D eigenvalue weighted by Crippen LogP contribution is 2.19. The van der Waals surface area contributed by atoms with Gasteiger partial charge in [-0.25, -0.2) is 9.59 Å². The van der Waals surface area contributed by atoms with Crippen molar-refractivity contribution in [3.63, 3.8) is 0 Å². The third kappa shape index (κ3) is 4.45. The van der Waals surface area contributed by atoms with Gasteiger partial charge >= 0.3 is 11.9 Å². The van der Waals surface area contributed by atoms with E-state index in [1.165, 1.54) is 36.4 Å². The van der Waals surface area contributed by atoms with Gasteiger partial charge in [-0.1, -0.05) is 0 Å². The second-order valence-corrected chi connectivity index (χ2v) is 7.36. The van der Waals surface area contributed by atoms with Crippen LogP contribution >= 0.6 is 0 Å². The summed E-state index contributed by atoms with van der Waals surface area (Å²) in [5.74, 6) is -1.95. The van der Waals surface area contributed by atoms with E-state index in [-0.39, 0.29) is 35.1 Å². The lowest BCUT2D eigenvalue weighted by Crippen LogP contribution is -2.25. The smallest absolute Gasteiger partial charge is 0.341 e. The van der Waals surface area contributed by atoms with Crippen LogP contribution in [0, 0.1) is 0 Å². The third-order valence-corrected chi connectivity index (χ3v) is 5.05. The van der Waals surface area contributed by atoms with Gasteiger partial charge in [-0.05, 0) is 24.3 Å². The molecular weight excluding hydrogens is 448 g/mol. The molecule has 2 aromatic carbocycles. The molecule has 174 valence electrons. The Balaban J connectivity index is 1.39. The molecule has 0 radical (unpaired) electrons. The van der Waals surface area contributed by atoms with Crippen LogP contribution in [0.15, 0.2) is 58.4 Å². The van der Waals surface area contributed by atoms with Crippen LogP contribution in [0.25, 0.3) is 21.8 Å². The second kappa shape index (κ2) is 9.08. The monoisotopic (exact) mass is 466 g/mol. The number of aromatic nitrogens is 2. The number of rotatable bonds is 8. The van der Waals surface area contributed by atoms with Gasteiger partial charge in [0.2, 0.25) is 10.9 Å². The molecule has 0 aliphatic rings. The number of carboxylic acids is 2. The van der Waals surface area contributed by atoms with E-state index in [4.69, 9.17) is 19.7 Å². The molecule has 11 nitrogen and oxygen atoms in total. The van der Waals surface area contributed by atoms with Gasteiger partial charge in [-0.3, -0.25) is 9.59 Å². The largest absolute Gasteiger partial charge is 0.491 e. The summed E-state index contributed by atoms with van der Waals surface area (Å²) in [5, 5.41) is 28.6. The molecule has 0 fully saturated rings. The van der Waals surface area contributed by atoms with Crippen LogP contribution < -0.4 is 20.3 Å². The van der Waals surface area contributed by atoms with Gasteiger partial charge in [0, 0.05) is 35.3 Å². The summed E-state index contributed by atoms with van der Waals surface area (Å²) in [6.07, 6.45) is 1.20. The molecule has 4 aromatic rings. The van der Waals surface area contributed by atoms with Gasteiger partial charge in [-0.2, -0.15) is 0 Å². The van der Waals surface area contributed by atoms with Crippen molar-refractivity contribution in [1.82, 2.24) is 9.97 Å². The van der Waals surface area contributed by atoms with Gasteiger partial charge in [-0.15, -0.1) is 0 Å². The highest BCUT2D eigenvalue weighted by Gasteiger charge is 2.14. The Morgan fingerprint density at radius 3 is 1.56 bits per heavy atom. The van der Waals surface area contributed by atoms with Crippen molar-refractivity contribution in [3.05, 3.63) is 80.4 Å². The zero-order chi connectivity index (χ0) is 24.4. The molecule has 0 aliphatic carbocycles. The van der Waals surface area contributed by atoms with Gasteiger partial charge in [0.15, 0.2) is 0 Å². The Kier molecular flexibility index (Phi) is 6.02. The summed E-state index contributed by atoms with van der Waals surface area (Å²) in [4.78, 5) is 52.0.